The van der Waals surface area contributed by atoms with Crippen molar-refractivity contribution < 1.29 is 13.8 Å². The standard InChI is InChI=1S/C19H17FN6O/c20-14-4-2-13(3-5-14)17-24-16-15(6-8-22-18(16)25-17)19(27)23-7-1-10-26-11-9-21-12-26/h2-6,8-9,11-12H,1,7,10H2,(H2,22,23,24,25,27)/p+1. The molecule has 0 radical (unpaired) electrons. The average molecular weight is 365 g/mol. The largest absolute Gasteiger partial charge is 0.352 e. The molecule has 3 aromatic heterocycles. The predicted octanol–water partition coefficient (Wildman–Crippen LogP) is 2.20. The summed E-state index contributed by atoms with van der Waals surface area (Å²) in [5, 5.41) is 2.92. The molecule has 27 heavy (non-hydrogen) atoms. The maximum atomic E-state index is 13.1. The maximum Gasteiger partial charge on any atom is 0.253 e. The van der Waals surface area contributed by atoms with Crippen LogP contribution in [0.5, 0.6) is 0 Å². The summed E-state index contributed by atoms with van der Waals surface area (Å²) >= 11 is 0. The van der Waals surface area contributed by atoms with E-state index in [1.807, 2.05) is 23.3 Å². The van der Waals surface area contributed by atoms with Gasteiger partial charge in [0.25, 0.3) is 5.91 Å². The molecule has 7 nitrogen and oxygen atoms in total. The molecule has 136 valence electrons. The molecule has 0 aliphatic carbocycles. The molecule has 0 bridgehead atoms. The molecule has 4 aromatic rings. The lowest BCUT2D eigenvalue weighted by Gasteiger charge is -2.05. The monoisotopic (exact) mass is 365 g/mol. The van der Waals surface area contributed by atoms with Gasteiger partial charge in [-0.25, -0.2) is 18.9 Å². The highest BCUT2D eigenvalue weighted by Crippen LogP contribution is 2.21. The molecule has 0 aliphatic rings. The van der Waals surface area contributed by atoms with E-state index in [0.717, 1.165) is 18.5 Å². The number of pyridine rings is 1. The van der Waals surface area contributed by atoms with Crippen LogP contribution in [0.2, 0.25) is 0 Å². The third kappa shape index (κ3) is 3.69. The van der Waals surface area contributed by atoms with Crippen LogP contribution in [0.3, 0.4) is 0 Å². The van der Waals surface area contributed by atoms with Crippen LogP contribution >= 0.6 is 0 Å². The molecule has 0 unspecified atom stereocenters. The van der Waals surface area contributed by atoms with Crippen molar-refractivity contribution in [3.05, 3.63) is 66.6 Å². The summed E-state index contributed by atoms with van der Waals surface area (Å²) in [6.07, 6.45) is 8.03. The number of halogens is 1. The minimum absolute atomic E-state index is 0.184. The number of nitrogens with one attached hydrogen (secondary N) is 3. The molecular formula is C19H18FN6O+. The van der Waals surface area contributed by atoms with Gasteiger partial charge >= 0.3 is 0 Å². The smallest absolute Gasteiger partial charge is 0.253 e. The highest BCUT2D eigenvalue weighted by atomic mass is 19.1. The molecule has 8 heteroatoms. The molecule has 1 amide bonds. The van der Waals surface area contributed by atoms with Crippen molar-refractivity contribution in [2.75, 3.05) is 6.54 Å². The molecule has 0 saturated carbocycles. The molecule has 0 aliphatic heterocycles. The van der Waals surface area contributed by atoms with Crippen LogP contribution in [0.25, 0.3) is 22.6 Å². The number of nitrogens with zero attached hydrogens (tertiary/aromatic N) is 3. The number of hydrogen-bond donors (Lipinski definition) is 3. The van der Waals surface area contributed by atoms with Crippen LogP contribution in [0.4, 0.5) is 4.39 Å². The first-order valence-electron chi connectivity index (χ1n) is 8.61. The van der Waals surface area contributed by atoms with Crippen LogP contribution in [0.1, 0.15) is 16.8 Å². The number of H-pyrrole nitrogens is 2. The molecule has 0 atom stereocenters. The number of aryl methyl sites for hydroxylation is 1. The lowest BCUT2D eigenvalue weighted by Crippen LogP contribution is -2.33. The fourth-order valence-corrected chi connectivity index (χ4v) is 2.86. The fourth-order valence-electron chi connectivity index (χ4n) is 2.86. The average Bonchev–Trinajstić information content (AvgIpc) is 3.34. The van der Waals surface area contributed by atoms with E-state index in [4.69, 9.17) is 0 Å². The Hall–Kier alpha value is -3.55. The van der Waals surface area contributed by atoms with Crippen molar-refractivity contribution in [1.29, 1.82) is 0 Å². The predicted molar refractivity (Wildman–Crippen MR) is 97.2 cm³/mol. The molecule has 0 spiro atoms. The van der Waals surface area contributed by atoms with Crippen LogP contribution in [0, 0.1) is 5.82 Å². The summed E-state index contributed by atoms with van der Waals surface area (Å²) in [6, 6.07) is 7.65. The lowest BCUT2D eigenvalue weighted by atomic mass is 10.2. The van der Waals surface area contributed by atoms with Crippen molar-refractivity contribution in [3.63, 3.8) is 0 Å². The Morgan fingerprint density at radius 1 is 1.22 bits per heavy atom. The number of aromatic nitrogens is 5. The number of fused-ring (bicyclic) bond motifs is 1. The summed E-state index contributed by atoms with van der Waals surface area (Å²) in [6.45, 7) is 1.37. The van der Waals surface area contributed by atoms with Crippen LogP contribution < -0.4 is 9.88 Å². The quantitative estimate of drug-likeness (QED) is 0.361. The van der Waals surface area contributed by atoms with Crippen LogP contribution in [-0.2, 0) is 6.54 Å². The normalized spacial score (nSPS) is 11.0. The SMILES string of the molecule is O=C(NCCC[n+]1cc[nH]c1)c1ccnc2nc(-c3ccc(F)cc3)[nH]c12. The third-order valence-electron chi connectivity index (χ3n) is 4.24. The zero-order chi connectivity index (χ0) is 18.6. The second-order valence-electron chi connectivity index (χ2n) is 6.11. The van der Waals surface area contributed by atoms with Gasteiger partial charge < -0.3 is 10.3 Å². The van der Waals surface area contributed by atoms with Crippen LogP contribution in [0.15, 0.2) is 55.2 Å². The fraction of sp³-hybridized carbons (Fsp3) is 0.158. The van der Waals surface area contributed by atoms with Gasteiger partial charge in [-0.2, -0.15) is 0 Å². The second kappa shape index (κ2) is 7.36. The van der Waals surface area contributed by atoms with Gasteiger partial charge in [-0.3, -0.25) is 9.78 Å². The molecule has 3 N–H and O–H groups in total. The van der Waals surface area contributed by atoms with Gasteiger partial charge in [-0.15, -0.1) is 0 Å². The van der Waals surface area contributed by atoms with Gasteiger partial charge in [-0.05, 0) is 30.3 Å². The first-order chi connectivity index (χ1) is 13.2. The lowest BCUT2D eigenvalue weighted by molar-refractivity contribution is -0.695. The first-order valence-corrected chi connectivity index (χ1v) is 8.61. The number of amides is 1. The molecule has 4 rings (SSSR count). The van der Waals surface area contributed by atoms with E-state index in [1.54, 1.807) is 24.4 Å². The van der Waals surface area contributed by atoms with Gasteiger partial charge in [0, 0.05) is 24.7 Å². The Balaban J connectivity index is 1.49. The van der Waals surface area contributed by atoms with E-state index in [-0.39, 0.29) is 11.7 Å². The summed E-state index contributed by atoms with van der Waals surface area (Å²) in [5.74, 6) is 0.0447. The number of hydrogen-bond acceptors (Lipinski definition) is 3. The van der Waals surface area contributed by atoms with E-state index < -0.39 is 0 Å². The summed E-state index contributed by atoms with van der Waals surface area (Å²) < 4.78 is 15.1. The number of rotatable bonds is 6. The Bertz CT molecular complexity index is 1060. The number of aromatic amines is 2. The zero-order valence-corrected chi connectivity index (χ0v) is 14.4. The van der Waals surface area contributed by atoms with Crippen molar-refractivity contribution in [1.82, 2.24) is 25.3 Å². The molecule has 0 fully saturated rings. The highest BCUT2D eigenvalue weighted by molar-refractivity contribution is 6.04. The molecule has 0 saturated heterocycles. The van der Waals surface area contributed by atoms with E-state index >= 15 is 0 Å². The summed E-state index contributed by atoms with van der Waals surface area (Å²) in [5.41, 5.74) is 2.22. The molecule has 1 aromatic carbocycles. The minimum Gasteiger partial charge on any atom is -0.352 e. The number of benzene rings is 1. The van der Waals surface area contributed by atoms with Crippen molar-refractivity contribution in [2.45, 2.75) is 13.0 Å². The van der Waals surface area contributed by atoms with Crippen LogP contribution in [-0.4, -0.2) is 32.4 Å². The van der Waals surface area contributed by atoms with E-state index in [9.17, 15) is 9.18 Å². The number of imidazole rings is 2. The van der Waals surface area contributed by atoms with Gasteiger partial charge in [0.1, 0.15) is 24.0 Å². The number of carbonyl (C=O) groups is 1. The van der Waals surface area contributed by atoms with E-state index in [1.165, 1.54) is 12.1 Å². The van der Waals surface area contributed by atoms with Crippen molar-refractivity contribution in [3.8, 4) is 11.4 Å². The minimum atomic E-state index is -0.314. The Kier molecular flexibility index (Phi) is 4.61. The first kappa shape index (κ1) is 16.9. The number of carbonyl (C=O) groups excluding carboxylic acids is 1. The summed E-state index contributed by atoms with van der Waals surface area (Å²) in [4.78, 5) is 27.3. The molecular weight excluding hydrogens is 347 g/mol. The topological polar surface area (TPSA) is 90.3 Å². The van der Waals surface area contributed by atoms with E-state index in [2.05, 4.69) is 25.3 Å². The van der Waals surface area contributed by atoms with Crippen molar-refractivity contribution >= 4 is 17.1 Å². The Morgan fingerprint density at radius 3 is 2.85 bits per heavy atom. The maximum absolute atomic E-state index is 13.1. The third-order valence-corrected chi connectivity index (χ3v) is 4.24. The van der Waals surface area contributed by atoms with Gasteiger partial charge in [-0.1, -0.05) is 0 Å². The van der Waals surface area contributed by atoms with Gasteiger partial charge in [0.2, 0.25) is 6.33 Å². The Morgan fingerprint density at radius 2 is 2.07 bits per heavy atom. The zero-order valence-electron chi connectivity index (χ0n) is 14.4. The summed E-state index contributed by atoms with van der Waals surface area (Å²) in [7, 11) is 0. The van der Waals surface area contributed by atoms with Gasteiger partial charge in [0.15, 0.2) is 5.65 Å². The van der Waals surface area contributed by atoms with Gasteiger partial charge in [0.05, 0.1) is 17.6 Å². The van der Waals surface area contributed by atoms with Crippen molar-refractivity contribution in [2.24, 2.45) is 0 Å². The van der Waals surface area contributed by atoms with E-state index in [0.29, 0.717) is 29.1 Å². The highest BCUT2D eigenvalue weighted by Gasteiger charge is 2.15. The second-order valence-corrected chi connectivity index (χ2v) is 6.11. The Labute approximate surface area is 154 Å². The molecule has 3 heterocycles.